The smallest absolute Gasteiger partial charge is 0.213 e. The standard InChI is InChI=1S/C9H17NO2S/c1-3-5-7-9(6-4-2)8-13(10,11)12/h5-7H,3-4,8H2,1-2H3,(H2,10,11,12)/b7-5-,9-6+. The van der Waals surface area contributed by atoms with Crippen LogP contribution in [0.1, 0.15) is 26.7 Å². The lowest BCUT2D eigenvalue weighted by atomic mass is 10.2. The second kappa shape index (κ2) is 5.94. The van der Waals surface area contributed by atoms with Crippen molar-refractivity contribution in [3.63, 3.8) is 0 Å². The van der Waals surface area contributed by atoms with E-state index in [1.165, 1.54) is 0 Å². The summed E-state index contributed by atoms with van der Waals surface area (Å²) in [4.78, 5) is 0. The quantitative estimate of drug-likeness (QED) is 0.689. The highest BCUT2D eigenvalue weighted by atomic mass is 32.2. The summed E-state index contributed by atoms with van der Waals surface area (Å²) < 4.78 is 21.6. The number of hydrogen-bond donors (Lipinski definition) is 1. The Bertz CT molecular complexity index is 289. The third-order valence-corrected chi connectivity index (χ3v) is 2.14. The average molecular weight is 203 g/mol. The van der Waals surface area contributed by atoms with Gasteiger partial charge in [-0.25, -0.2) is 13.6 Å². The van der Waals surface area contributed by atoms with Crippen molar-refractivity contribution in [2.45, 2.75) is 26.7 Å². The predicted molar refractivity (Wildman–Crippen MR) is 55.8 cm³/mol. The van der Waals surface area contributed by atoms with Crippen molar-refractivity contribution in [2.75, 3.05) is 5.75 Å². The molecule has 0 aliphatic rings. The van der Waals surface area contributed by atoms with Crippen molar-refractivity contribution >= 4 is 10.0 Å². The highest BCUT2D eigenvalue weighted by molar-refractivity contribution is 7.89. The summed E-state index contributed by atoms with van der Waals surface area (Å²) in [6, 6.07) is 0. The van der Waals surface area contributed by atoms with Gasteiger partial charge in [0, 0.05) is 0 Å². The number of allylic oxidation sites excluding steroid dienone is 3. The normalized spacial score (nSPS) is 13.9. The van der Waals surface area contributed by atoms with Gasteiger partial charge in [-0.1, -0.05) is 32.1 Å². The summed E-state index contributed by atoms with van der Waals surface area (Å²) in [5.74, 6) is -0.0721. The van der Waals surface area contributed by atoms with Crippen molar-refractivity contribution in [1.29, 1.82) is 0 Å². The monoisotopic (exact) mass is 203 g/mol. The molecule has 4 heteroatoms. The fraction of sp³-hybridized carbons (Fsp3) is 0.556. The van der Waals surface area contributed by atoms with Gasteiger partial charge in [-0.05, 0) is 18.4 Å². The van der Waals surface area contributed by atoms with Crippen LogP contribution in [-0.2, 0) is 10.0 Å². The number of sulfonamides is 1. The molecule has 13 heavy (non-hydrogen) atoms. The van der Waals surface area contributed by atoms with Gasteiger partial charge in [-0.3, -0.25) is 0 Å². The van der Waals surface area contributed by atoms with Crippen molar-refractivity contribution in [1.82, 2.24) is 0 Å². The molecule has 0 atom stereocenters. The summed E-state index contributed by atoms with van der Waals surface area (Å²) in [6.07, 6.45) is 7.32. The number of nitrogens with two attached hydrogens (primary N) is 1. The predicted octanol–water partition coefficient (Wildman–Crippen LogP) is 1.58. The van der Waals surface area contributed by atoms with Gasteiger partial charge < -0.3 is 0 Å². The molecule has 0 saturated carbocycles. The van der Waals surface area contributed by atoms with Crippen LogP contribution in [0.5, 0.6) is 0 Å². The second-order valence-electron chi connectivity index (χ2n) is 2.81. The molecule has 0 rings (SSSR count). The van der Waals surface area contributed by atoms with Gasteiger partial charge in [-0.2, -0.15) is 0 Å². The summed E-state index contributed by atoms with van der Waals surface area (Å²) in [6.45, 7) is 3.96. The molecule has 0 fully saturated rings. The Hall–Kier alpha value is -0.610. The van der Waals surface area contributed by atoms with Gasteiger partial charge in [0.2, 0.25) is 10.0 Å². The fourth-order valence-electron chi connectivity index (χ4n) is 0.939. The Kier molecular flexibility index (Phi) is 5.66. The molecule has 3 nitrogen and oxygen atoms in total. The van der Waals surface area contributed by atoms with Crippen molar-refractivity contribution in [3.05, 3.63) is 23.8 Å². The lowest BCUT2D eigenvalue weighted by Crippen LogP contribution is -2.17. The largest absolute Gasteiger partial charge is 0.228 e. The van der Waals surface area contributed by atoms with E-state index in [1.54, 1.807) is 0 Å². The second-order valence-corrected chi connectivity index (χ2v) is 4.42. The Morgan fingerprint density at radius 1 is 1.31 bits per heavy atom. The minimum absolute atomic E-state index is 0.0721. The Morgan fingerprint density at radius 2 is 1.92 bits per heavy atom. The summed E-state index contributed by atoms with van der Waals surface area (Å²) in [5, 5.41) is 4.94. The summed E-state index contributed by atoms with van der Waals surface area (Å²) >= 11 is 0. The highest BCUT2D eigenvalue weighted by Gasteiger charge is 2.04. The van der Waals surface area contributed by atoms with Crippen LogP contribution in [0, 0.1) is 0 Å². The van der Waals surface area contributed by atoms with Gasteiger partial charge in [0.15, 0.2) is 0 Å². The first-order chi connectivity index (χ1) is 5.99. The van der Waals surface area contributed by atoms with Crippen LogP contribution in [-0.4, -0.2) is 14.2 Å². The van der Waals surface area contributed by atoms with E-state index >= 15 is 0 Å². The Labute approximate surface area is 80.4 Å². The summed E-state index contributed by atoms with van der Waals surface area (Å²) in [7, 11) is -3.40. The maximum Gasteiger partial charge on any atom is 0.213 e. The van der Waals surface area contributed by atoms with Gasteiger partial charge in [-0.15, -0.1) is 0 Å². The molecule has 0 bridgehead atoms. The van der Waals surface area contributed by atoms with E-state index in [4.69, 9.17) is 5.14 Å². The zero-order chi connectivity index (χ0) is 10.3. The molecule has 0 unspecified atom stereocenters. The molecule has 2 N–H and O–H groups in total. The topological polar surface area (TPSA) is 60.2 Å². The third kappa shape index (κ3) is 7.74. The van der Waals surface area contributed by atoms with Gasteiger partial charge in [0.05, 0.1) is 5.75 Å². The van der Waals surface area contributed by atoms with Crippen molar-refractivity contribution in [3.8, 4) is 0 Å². The minimum Gasteiger partial charge on any atom is -0.228 e. The molecule has 0 amide bonds. The third-order valence-electron chi connectivity index (χ3n) is 1.40. The maximum atomic E-state index is 10.8. The van der Waals surface area contributed by atoms with Crippen LogP contribution < -0.4 is 5.14 Å². The zero-order valence-corrected chi connectivity index (χ0v) is 8.97. The van der Waals surface area contributed by atoms with Gasteiger partial charge in [0.25, 0.3) is 0 Å². The molecule has 0 aliphatic carbocycles. The van der Waals surface area contributed by atoms with Crippen LogP contribution >= 0.6 is 0 Å². The summed E-state index contributed by atoms with van der Waals surface area (Å²) in [5.41, 5.74) is 0.770. The first-order valence-electron chi connectivity index (χ1n) is 4.35. The highest BCUT2D eigenvalue weighted by Crippen LogP contribution is 2.02. The van der Waals surface area contributed by atoms with Crippen LogP contribution in [0.2, 0.25) is 0 Å². The van der Waals surface area contributed by atoms with E-state index in [-0.39, 0.29) is 5.75 Å². The van der Waals surface area contributed by atoms with E-state index < -0.39 is 10.0 Å². The SMILES string of the molecule is CC/C=C\C(=C/CC)CS(N)(=O)=O. The van der Waals surface area contributed by atoms with E-state index in [0.29, 0.717) is 0 Å². The molecule has 0 radical (unpaired) electrons. The van der Waals surface area contributed by atoms with Crippen molar-refractivity contribution in [2.24, 2.45) is 5.14 Å². The number of primary sulfonamides is 1. The molecule has 0 aromatic rings. The molecule has 0 saturated heterocycles. The lowest BCUT2D eigenvalue weighted by molar-refractivity contribution is 0.600. The molecule has 76 valence electrons. The maximum absolute atomic E-state index is 10.8. The molecular formula is C9H17NO2S. The first-order valence-corrected chi connectivity index (χ1v) is 6.07. The van der Waals surface area contributed by atoms with E-state index in [0.717, 1.165) is 18.4 Å². The zero-order valence-electron chi connectivity index (χ0n) is 8.16. The first kappa shape index (κ1) is 12.4. The average Bonchev–Trinajstić information content (AvgIpc) is 1.98. The van der Waals surface area contributed by atoms with Crippen LogP contribution in [0.15, 0.2) is 23.8 Å². The van der Waals surface area contributed by atoms with Crippen LogP contribution in [0.25, 0.3) is 0 Å². The van der Waals surface area contributed by atoms with E-state index in [1.807, 2.05) is 32.1 Å². The van der Waals surface area contributed by atoms with Crippen LogP contribution in [0.4, 0.5) is 0 Å². The molecule has 0 aromatic heterocycles. The minimum atomic E-state index is -3.40. The molecule has 0 heterocycles. The number of hydrogen-bond acceptors (Lipinski definition) is 2. The molecule has 0 aromatic carbocycles. The van der Waals surface area contributed by atoms with E-state index in [9.17, 15) is 8.42 Å². The van der Waals surface area contributed by atoms with E-state index in [2.05, 4.69) is 0 Å². The van der Waals surface area contributed by atoms with Crippen molar-refractivity contribution < 1.29 is 8.42 Å². The van der Waals surface area contributed by atoms with Gasteiger partial charge >= 0.3 is 0 Å². The Balaban J connectivity index is 4.46. The Morgan fingerprint density at radius 3 is 2.31 bits per heavy atom. The number of rotatable bonds is 5. The molecular weight excluding hydrogens is 186 g/mol. The molecule has 0 spiro atoms. The van der Waals surface area contributed by atoms with Crippen LogP contribution in [0.3, 0.4) is 0 Å². The lowest BCUT2D eigenvalue weighted by Gasteiger charge is -1.99. The fourth-order valence-corrected chi connectivity index (χ4v) is 1.62. The molecule has 0 aliphatic heterocycles. The van der Waals surface area contributed by atoms with Gasteiger partial charge in [0.1, 0.15) is 0 Å².